The Morgan fingerprint density at radius 2 is 1.69 bits per heavy atom. The fourth-order valence-electron chi connectivity index (χ4n) is 3.81. The van der Waals surface area contributed by atoms with Crippen LogP contribution in [-0.4, -0.2) is 27.7 Å². The minimum absolute atomic E-state index is 0.134. The standard InChI is InChI=1S/C27H24N4O5/c1-16-9-12-21(15-17(16)2)30-26(28-27(33)19-10-13-20(14-11-19)31(34)35)24(25(32)18(3)29-30)22-7-5-6-8-23(22)36-4/h5-15H,1-4H3,(H,28,33). The molecule has 36 heavy (non-hydrogen) atoms. The van der Waals surface area contributed by atoms with Crippen LogP contribution in [0, 0.1) is 30.9 Å². The van der Waals surface area contributed by atoms with Crippen molar-refractivity contribution in [1.82, 2.24) is 9.78 Å². The first-order chi connectivity index (χ1) is 17.2. The first-order valence-corrected chi connectivity index (χ1v) is 11.1. The van der Waals surface area contributed by atoms with Crippen LogP contribution in [0.3, 0.4) is 0 Å². The summed E-state index contributed by atoms with van der Waals surface area (Å²) in [5, 5.41) is 18.3. The molecular formula is C27H24N4O5. The van der Waals surface area contributed by atoms with Gasteiger partial charge in [-0.15, -0.1) is 0 Å². The van der Waals surface area contributed by atoms with E-state index in [1.165, 1.54) is 36.1 Å². The van der Waals surface area contributed by atoms with Gasteiger partial charge in [-0.05, 0) is 62.2 Å². The first kappa shape index (κ1) is 24.3. The largest absolute Gasteiger partial charge is 0.496 e. The number of nitrogens with one attached hydrogen (secondary N) is 1. The molecule has 0 fully saturated rings. The van der Waals surface area contributed by atoms with E-state index in [-0.39, 0.29) is 33.8 Å². The number of methoxy groups -OCH3 is 1. The van der Waals surface area contributed by atoms with E-state index in [0.717, 1.165) is 11.1 Å². The molecule has 182 valence electrons. The number of aromatic nitrogens is 2. The molecule has 0 saturated heterocycles. The number of carbonyl (C=O) groups excluding carboxylic acids is 1. The van der Waals surface area contributed by atoms with Crippen LogP contribution in [-0.2, 0) is 0 Å². The van der Waals surface area contributed by atoms with Gasteiger partial charge in [0, 0.05) is 23.3 Å². The fraction of sp³-hybridized carbons (Fsp3) is 0.148. The van der Waals surface area contributed by atoms with Crippen LogP contribution >= 0.6 is 0 Å². The number of para-hydroxylation sites is 1. The third-order valence-electron chi connectivity index (χ3n) is 5.94. The predicted octanol–water partition coefficient (Wildman–Crippen LogP) is 4.99. The number of non-ortho nitro benzene ring substituents is 1. The van der Waals surface area contributed by atoms with Gasteiger partial charge < -0.3 is 10.1 Å². The maximum atomic E-state index is 13.4. The van der Waals surface area contributed by atoms with E-state index >= 15 is 0 Å². The van der Waals surface area contributed by atoms with E-state index in [2.05, 4.69) is 10.4 Å². The average Bonchev–Trinajstić information content (AvgIpc) is 2.88. The Morgan fingerprint density at radius 3 is 2.33 bits per heavy atom. The predicted molar refractivity (Wildman–Crippen MR) is 137 cm³/mol. The SMILES string of the molecule is COc1ccccc1-c1c(NC(=O)c2ccc([N+](=O)[O-])cc2)n(-c2ccc(C)c(C)c2)nc(C)c1=O. The number of nitro groups is 1. The third kappa shape index (κ3) is 4.58. The zero-order valence-electron chi connectivity index (χ0n) is 20.2. The lowest BCUT2D eigenvalue weighted by molar-refractivity contribution is -0.384. The number of ether oxygens (including phenoxy) is 1. The molecule has 0 aliphatic heterocycles. The maximum Gasteiger partial charge on any atom is 0.269 e. The number of rotatable bonds is 6. The number of aryl methyl sites for hydroxylation is 3. The lowest BCUT2D eigenvalue weighted by atomic mass is 10.0. The smallest absolute Gasteiger partial charge is 0.269 e. The monoisotopic (exact) mass is 484 g/mol. The quantitative estimate of drug-likeness (QED) is 0.304. The van der Waals surface area contributed by atoms with E-state index in [0.29, 0.717) is 17.0 Å². The Hall–Kier alpha value is -4.79. The summed E-state index contributed by atoms with van der Waals surface area (Å²) in [6, 6.07) is 17.9. The summed E-state index contributed by atoms with van der Waals surface area (Å²) >= 11 is 0. The molecule has 4 rings (SSSR count). The Morgan fingerprint density at radius 1 is 1.00 bits per heavy atom. The van der Waals surface area contributed by atoms with Gasteiger partial charge in [0.25, 0.3) is 11.6 Å². The number of hydrogen-bond donors (Lipinski definition) is 1. The maximum absolute atomic E-state index is 13.4. The second-order valence-electron chi connectivity index (χ2n) is 8.28. The van der Waals surface area contributed by atoms with Crippen LogP contribution < -0.4 is 15.5 Å². The molecule has 1 amide bonds. The Kier molecular flexibility index (Phi) is 6.64. The van der Waals surface area contributed by atoms with Crippen molar-refractivity contribution in [3.05, 3.63) is 109 Å². The van der Waals surface area contributed by atoms with Gasteiger partial charge >= 0.3 is 0 Å². The molecule has 1 N–H and O–H groups in total. The van der Waals surface area contributed by atoms with Gasteiger partial charge in [0.05, 0.1) is 23.3 Å². The van der Waals surface area contributed by atoms with Gasteiger partial charge in [0.15, 0.2) is 0 Å². The molecule has 0 bridgehead atoms. The van der Waals surface area contributed by atoms with Crippen molar-refractivity contribution in [2.24, 2.45) is 0 Å². The number of hydrogen-bond acceptors (Lipinski definition) is 6. The summed E-state index contributed by atoms with van der Waals surface area (Å²) in [5.74, 6) is 0.0584. The highest BCUT2D eigenvalue weighted by Gasteiger charge is 2.23. The van der Waals surface area contributed by atoms with E-state index < -0.39 is 10.8 Å². The molecule has 0 atom stereocenters. The van der Waals surface area contributed by atoms with E-state index in [4.69, 9.17) is 4.74 Å². The second kappa shape index (κ2) is 9.83. The normalized spacial score (nSPS) is 10.7. The fourth-order valence-corrected chi connectivity index (χ4v) is 3.81. The summed E-state index contributed by atoms with van der Waals surface area (Å²) < 4.78 is 7.03. The average molecular weight is 485 g/mol. The van der Waals surface area contributed by atoms with E-state index in [9.17, 15) is 19.7 Å². The van der Waals surface area contributed by atoms with Gasteiger partial charge in [0.1, 0.15) is 17.3 Å². The van der Waals surface area contributed by atoms with E-state index in [1.54, 1.807) is 31.2 Å². The van der Waals surface area contributed by atoms with Crippen molar-refractivity contribution in [3.63, 3.8) is 0 Å². The van der Waals surface area contributed by atoms with Crippen LogP contribution in [0.2, 0.25) is 0 Å². The van der Waals surface area contributed by atoms with Gasteiger partial charge in [-0.2, -0.15) is 5.10 Å². The molecule has 4 aromatic rings. The number of carbonyl (C=O) groups is 1. The zero-order valence-corrected chi connectivity index (χ0v) is 20.2. The van der Waals surface area contributed by atoms with Crippen LogP contribution in [0.15, 0.2) is 71.5 Å². The summed E-state index contributed by atoms with van der Waals surface area (Å²) in [6.07, 6.45) is 0. The zero-order chi connectivity index (χ0) is 26.0. The van der Waals surface area contributed by atoms with Crippen molar-refractivity contribution in [2.45, 2.75) is 20.8 Å². The number of amides is 1. The molecule has 0 aliphatic rings. The molecule has 9 heteroatoms. The van der Waals surface area contributed by atoms with Crippen molar-refractivity contribution >= 4 is 17.4 Å². The summed E-state index contributed by atoms with van der Waals surface area (Å²) in [6.45, 7) is 5.56. The topological polar surface area (TPSA) is 116 Å². The summed E-state index contributed by atoms with van der Waals surface area (Å²) in [7, 11) is 1.50. The lowest BCUT2D eigenvalue weighted by Crippen LogP contribution is -2.25. The van der Waals surface area contributed by atoms with Crippen molar-refractivity contribution in [3.8, 4) is 22.6 Å². The molecular weight excluding hydrogens is 460 g/mol. The Bertz CT molecular complexity index is 1540. The molecule has 0 spiro atoms. The van der Waals surface area contributed by atoms with Gasteiger partial charge in [-0.1, -0.05) is 24.3 Å². The first-order valence-electron chi connectivity index (χ1n) is 11.1. The molecule has 3 aromatic carbocycles. The number of nitrogens with zero attached hydrogens (tertiary/aromatic N) is 3. The highest BCUT2D eigenvalue weighted by Crippen LogP contribution is 2.34. The minimum Gasteiger partial charge on any atom is -0.496 e. The minimum atomic E-state index is -0.552. The van der Waals surface area contributed by atoms with E-state index in [1.807, 2.05) is 32.0 Å². The Labute approximate surface area is 207 Å². The van der Waals surface area contributed by atoms with Crippen LogP contribution in [0.4, 0.5) is 11.5 Å². The molecule has 0 radical (unpaired) electrons. The highest BCUT2D eigenvalue weighted by atomic mass is 16.6. The number of anilines is 1. The third-order valence-corrected chi connectivity index (χ3v) is 5.94. The molecule has 0 aliphatic carbocycles. The Balaban J connectivity index is 1.96. The second-order valence-corrected chi connectivity index (χ2v) is 8.28. The van der Waals surface area contributed by atoms with Crippen molar-refractivity contribution in [1.29, 1.82) is 0 Å². The molecule has 0 saturated carbocycles. The highest BCUT2D eigenvalue weighted by molar-refractivity contribution is 6.06. The van der Waals surface area contributed by atoms with Gasteiger partial charge in [-0.25, -0.2) is 4.68 Å². The molecule has 1 aromatic heterocycles. The van der Waals surface area contributed by atoms with Crippen molar-refractivity contribution in [2.75, 3.05) is 12.4 Å². The molecule has 1 heterocycles. The van der Waals surface area contributed by atoms with Gasteiger partial charge in [-0.3, -0.25) is 19.7 Å². The van der Waals surface area contributed by atoms with Crippen LogP contribution in [0.5, 0.6) is 5.75 Å². The van der Waals surface area contributed by atoms with Crippen molar-refractivity contribution < 1.29 is 14.5 Å². The molecule has 0 unspecified atom stereocenters. The number of benzene rings is 3. The van der Waals surface area contributed by atoms with Gasteiger partial charge in [0.2, 0.25) is 5.43 Å². The molecule has 9 nitrogen and oxygen atoms in total. The summed E-state index contributed by atoms with van der Waals surface area (Å²) in [4.78, 5) is 37.2. The lowest BCUT2D eigenvalue weighted by Gasteiger charge is -2.20. The number of nitro benzene ring substituents is 1. The van der Waals surface area contributed by atoms with Crippen LogP contribution in [0.1, 0.15) is 27.2 Å². The summed E-state index contributed by atoms with van der Waals surface area (Å²) in [5.41, 5.74) is 3.38. The van der Waals surface area contributed by atoms with Crippen LogP contribution in [0.25, 0.3) is 16.8 Å².